The van der Waals surface area contributed by atoms with Gasteiger partial charge in [0, 0.05) is 12.1 Å². The van der Waals surface area contributed by atoms with Crippen molar-refractivity contribution < 1.29 is 28.7 Å². The SMILES string of the molecule is CC(C)(C)OC(=O)NC(=NC(=O)O)N1CCCC1c1nc(-c2ccc3cc(OCc4ccc(-c5ccccc5)cc4)ccc3c2)no1. The van der Waals surface area contributed by atoms with Crippen molar-refractivity contribution in [3.8, 4) is 28.3 Å². The van der Waals surface area contributed by atoms with Gasteiger partial charge in [-0.2, -0.15) is 4.98 Å². The highest BCUT2D eigenvalue weighted by Gasteiger charge is 2.35. The van der Waals surface area contributed by atoms with E-state index in [2.05, 4.69) is 56.8 Å². The van der Waals surface area contributed by atoms with E-state index in [0.717, 1.165) is 33.2 Å². The maximum atomic E-state index is 12.4. The third kappa shape index (κ3) is 7.75. The van der Waals surface area contributed by atoms with Crippen molar-refractivity contribution in [1.82, 2.24) is 20.4 Å². The molecule has 1 aliphatic rings. The number of nitrogens with one attached hydrogen (secondary N) is 1. The van der Waals surface area contributed by atoms with Crippen LogP contribution in [0.2, 0.25) is 0 Å². The fraction of sp³-hybridized carbons (Fsp3) is 0.250. The van der Waals surface area contributed by atoms with Gasteiger partial charge in [-0.1, -0.05) is 78.0 Å². The number of nitrogens with zero attached hydrogens (tertiary/aromatic N) is 4. The van der Waals surface area contributed by atoms with Gasteiger partial charge >= 0.3 is 12.2 Å². The van der Waals surface area contributed by atoms with E-state index in [1.54, 1.807) is 25.7 Å². The fourth-order valence-electron chi connectivity index (χ4n) is 5.46. The predicted molar refractivity (Wildman–Crippen MR) is 177 cm³/mol. The molecular formula is C36H35N5O6. The van der Waals surface area contributed by atoms with Crippen molar-refractivity contribution in [2.24, 2.45) is 4.99 Å². The summed E-state index contributed by atoms with van der Waals surface area (Å²) in [6.45, 7) is 6.03. The van der Waals surface area contributed by atoms with Gasteiger partial charge < -0.3 is 24.0 Å². The van der Waals surface area contributed by atoms with Crippen LogP contribution in [0.15, 0.2) is 101 Å². The number of rotatable bonds is 6. The number of carbonyl (C=O) groups excluding carboxylic acids is 1. The second kappa shape index (κ2) is 13.3. The first kappa shape index (κ1) is 31.3. The van der Waals surface area contributed by atoms with Crippen LogP contribution in [0.1, 0.15) is 51.1 Å². The lowest BCUT2D eigenvalue weighted by Crippen LogP contribution is -2.46. The smallest absolute Gasteiger partial charge is 0.434 e. The van der Waals surface area contributed by atoms with Crippen molar-refractivity contribution in [2.45, 2.75) is 51.9 Å². The number of amides is 2. The molecule has 0 radical (unpaired) electrons. The van der Waals surface area contributed by atoms with Crippen molar-refractivity contribution >= 4 is 28.9 Å². The van der Waals surface area contributed by atoms with Gasteiger partial charge in [-0.3, -0.25) is 5.32 Å². The topological polar surface area (TPSA) is 139 Å². The zero-order valence-corrected chi connectivity index (χ0v) is 26.3. The molecule has 1 unspecified atom stereocenters. The van der Waals surface area contributed by atoms with Gasteiger partial charge in [0.25, 0.3) is 0 Å². The van der Waals surface area contributed by atoms with Gasteiger partial charge in [-0.15, -0.1) is 4.99 Å². The summed E-state index contributed by atoms with van der Waals surface area (Å²) in [6, 6.07) is 29.9. The number of aliphatic imine (C=N–C) groups is 1. The molecule has 1 atom stereocenters. The van der Waals surface area contributed by atoms with E-state index in [4.69, 9.17) is 14.0 Å². The molecule has 1 fully saturated rings. The first-order chi connectivity index (χ1) is 22.6. The van der Waals surface area contributed by atoms with E-state index >= 15 is 0 Å². The number of alkyl carbamates (subject to hydrolysis) is 1. The third-order valence-electron chi connectivity index (χ3n) is 7.60. The van der Waals surface area contributed by atoms with E-state index in [1.165, 1.54) is 5.56 Å². The third-order valence-corrected chi connectivity index (χ3v) is 7.60. The molecule has 2 amide bonds. The molecule has 0 saturated carbocycles. The highest BCUT2D eigenvalue weighted by molar-refractivity contribution is 5.98. The Balaban J connectivity index is 1.13. The predicted octanol–water partition coefficient (Wildman–Crippen LogP) is 7.83. The lowest BCUT2D eigenvalue weighted by molar-refractivity contribution is 0.0555. The fourth-order valence-corrected chi connectivity index (χ4v) is 5.46. The number of ether oxygens (including phenoxy) is 2. The summed E-state index contributed by atoms with van der Waals surface area (Å²) >= 11 is 0. The first-order valence-corrected chi connectivity index (χ1v) is 15.3. The van der Waals surface area contributed by atoms with Crippen LogP contribution in [-0.4, -0.2) is 50.4 Å². The lowest BCUT2D eigenvalue weighted by Gasteiger charge is -2.26. The summed E-state index contributed by atoms with van der Waals surface area (Å²) in [5, 5.41) is 18.0. The van der Waals surface area contributed by atoms with E-state index in [9.17, 15) is 14.7 Å². The Morgan fingerprint density at radius 3 is 2.40 bits per heavy atom. The van der Waals surface area contributed by atoms with Gasteiger partial charge in [0.15, 0.2) is 0 Å². The highest BCUT2D eigenvalue weighted by Crippen LogP contribution is 2.33. The molecule has 1 aliphatic heterocycles. The molecular weight excluding hydrogens is 598 g/mol. The average Bonchev–Trinajstić information content (AvgIpc) is 3.73. The minimum atomic E-state index is -1.45. The molecule has 240 valence electrons. The standard InChI is InChI=1S/C36H35N5O6/c1-36(2,3)46-35(44)39-33(38-34(42)43)41-19-7-10-30(41)32-37-31(40-47-32)28-16-15-27-21-29(18-17-26(27)20-28)45-22-23-11-13-25(14-12-23)24-8-5-4-6-9-24/h4-6,8-9,11-18,20-21,30H,7,10,19,22H2,1-3H3,(H,42,43)(H,38,39,44). The van der Waals surface area contributed by atoms with E-state index in [0.29, 0.717) is 37.7 Å². The summed E-state index contributed by atoms with van der Waals surface area (Å²) in [5.74, 6) is 1.30. The van der Waals surface area contributed by atoms with E-state index < -0.39 is 23.8 Å². The Morgan fingerprint density at radius 2 is 1.66 bits per heavy atom. The minimum Gasteiger partial charge on any atom is -0.489 e. The van der Waals surface area contributed by atoms with Crippen molar-refractivity contribution in [2.75, 3.05) is 6.54 Å². The average molecular weight is 634 g/mol. The summed E-state index contributed by atoms with van der Waals surface area (Å²) in [6.07, 6.45) is -0.948. The number of aromatic nitrogens is 2. The molecule has 47 heavy (non-hydrogen) atoms. The normalized spacial score (nSPS) is 15.1. The van der Waals surface area contributed by atoms with Crippen LogP contribution in [-0.2, 0) is 11.3 Å². The van der Waals surface area contributed by atoms with E-state index in [-0.39, 0.29) is 5.96 Å². The van der Waals surface area contributed by atoms with Crippen LogP contribution in [0.5, 0.6) is 5.75 Å². The Hall–Kier alpha value is -5.71. The molecule has 1 saturated heterocycles. The van der Waals surface area contributed by atoms with Crippen LogP contribution in [0.3, 0.4) is 0 Å². The van der Waals surface area contributed by atoms with Crippen molar-refractivity contribution in [1.29, 1.82) is 0 Å². The molecule has 11 heteroatoms. The summed E-state index contributed by atoms with van der Waals surface area (Å²) < 4.78 is 17.0. The largest absolute Gasteiger partial charge is 0.489 e. The Kier molecular flexibility index (Phi) is 8.88. The second-order valence-corrected chi connectivity index (χ2v) is 12.2. The number of carbonyl (C=O) groups is 2. The van der Waals surface area contributed by atoms with Gasteiger partial charge in [-0.25, -0.2) is 9.59 Å². The van der Waals surface area contributed by atoms with Crippen molar-refractivity contribution in [3.63, 3.8) is 0 Å². The van der Waals surface area contributed by atoms with E-state index in [1.807, 2.05) is 54.6 Å². The summed E-state index contributed by atoms with van der Waals surface area (Å²) in [7, 11) is 0. The quantitative estimate of drug-likeness (QED) is 0.141. The molecule has 5 aromatic rings. The number of hydrogen-bond donors (Lipinski definition) is 2. The maximum Gasteiger partial charge on any atom is 0.434 e. The Bertz CT molecular complexity index is 1910. The van der Waals surface area contributed by atoms with Crippen LogP contribution in [0, 0.1) is 0 Å². The molecule has 11 nitrogen and oxygen atoms in total. The maximum absolute atomic E-state index is 12.4. The van der Waals surface area contributed by atoms with Gasteiger partial charge in [0.2, 0.25) is 17.7 Å². The van der Waals surface area contributed by atoms with Gasteiger partial charge in [0.1, 0.15) is 24.0 Å². The van der Waals surface area contributed by atoms with Crippen LogP contribution < -0.4 is 10.1 Å². The second-order valence-electron chi connectivity index (χ2n) is 12.2. The number of benzene rings is 4. The summed E-state index contributed by atoms with van der Waals surface area (Å²) in [4.78, 5) is 33.8. The lowest BCUT2D eigenvalue weighted by atomic mass is 10.0. The van der Waals surface area contributed by atoms with Crippen molar-refractivity contribution in [3.05, 3.63) is 102 Å². The van der Waals surface area contributed by atoms with Crippen LogP contribution in [0.4, 0.5) is 9.59 Å². The highest BCUT2D eigenvalue weighted by atomic mass is 16.6. The number of likely N-dealkylation sites (tertiary alicyclic amines) is 1. The van der Waals surface area contributed by atoms with Gasteiger partial charge in [0.05, 0.1) is 0 Å². The molecule has 6 rings (SSSR count). The zero-order valence-electron chi connectivity index (χ0n) is 26.3. The number of hydrogen-bond acceptors (Lipinski definition) is 7. The number of carboxylic acid groups (broad SMARTS) is 1. The summed E-state index contributed by atoms with van der Waals surface area (Å²) in [5.41, 5.74) is 3.41. The van der Waals surface area contributed by atoms with Crippen LogP contribution in [0.25, 0.3) is 33.3 Å². The molecule has 2 heterocycles. The monoisotopic (exact) mass is 633 g/mol. The molecule has 0 spiro atoms. The molecule has 0 bridgehead atoms. The minimum absolute atomic E-state index is 0.151. The molecule has 1 aromatic heterocycles. The number of guanidine groups is 1. The zero-order chi connectivity index (χ0) is 33.0. The first-order valence-electron chi connectivity index (χ1n) is 15.3. The number of fused-ring (bicyclic) bond motifs is 1. The molecule has 4 aromatic carbocycles. The molecule has 2 N–H and O–H groups in total. The Labute approximate surface area is 271 Å². The Morgan fingerprint density at radius 1 is 0.957 bits per heavy atom. The van der Waals surface area contributed by atoms with Crippen LogP contribution >= 0.6 is 0 Å². The molecule has 0 aliphatic carbocycles. The van der Waals surface area contributed by atoms with Gasteiger partial charge in [-0.05, 0) is 79.3 Å².